The molecule has 3 amide bonds. The number of amides is 3. The summed E-state index contributed by atoms with van der Waals surface area (Å²) in [5.41, 5.74) is 3.60. The molecule has 2 rings (SSSR count). The second-order valence-electron chi connectivity index (χ2n) is 4.70. The van der Waals surface area contributed by atoms with E-state index < -0.39 is 39.2 Å². The third kappa shape index (κ3) is 4.38. The van der Waals surface area contributed by atoms with Crippen molar-refractivity contribution >= 4 is 33.2 Å². The maximum absolute atomic E-state index is 12.3. The maximum atomic E-state index is 12.3. The summed E-state index contributed by atoms with van der Waals surface area (Å²) in [5, 5.41) is 5.61. The molecule has 7 N–H and O–H groups in total. The zero-order chi connectivity index (χ0) is 19.3. The molecule has 26 heavy (non-hydrogen) atoms. The van der Waals surface area contributed by atoms with Crippen molar-refractivity contribution in [3.8, 4) is 0 Å². The van der Waals surface area contributed by atoms with Crippen LogP contribution in [-0.4, -0.2) is 36.3 Å². The Morgan fingerprint density at radius 1 is 1.04 bits per heavy atom. The minimum absolute atomic E-state index is 0.103. The number of nitrogen functional groups attached to an aromatic ring is 1. The predicted octanol–water partition coefficient (Wildman–Crippen LogP) is -2.42. The van der Waals surface area contributed by atoms with Crippen LogP contribution < -0.4 is 27.9 Å². The van der Waals surface area contributed by atoms with E-state index in [0.717, 1.165) is 0 Å². The molecule has 1 aromatic heterocycles. The van der Waals surface area contributed by atoms with Gasteiger partial charge in [0.15, 0.2) is 15.7 Å². The van der Waals surface area contributed by atoms with Gasteiger partial charge in [0, 0.05) is 5.69 Å². The van der Waals surface area contributed by atoms with Crippen LogP contribution in [0.5, 0.6) is 0 Å². The van der Waals surface area contributed by atoms with Crippen molar-refractivity contribution in [1.29, 1.82) is 0 Å². The number of nitrogens with zero attached hydrogens (tertiary/aromatic N) is 2. The highest BCUT2D eigenvalue weighted by Crippen LogP contribution is 2.18. The molecule has 1 aromatic carbocycles. The Hall–Kier alpha value is -3.36. The predicted molar refractivity (Wildman–Crippen MR) is 84.2 cm³/mol. The van der Waals surface area contributed by atoms with Crippen molar-refractivity contribution in [2.45, 2.75) is 10.6 Å². The zero-order valence-corrected chi connectivity index (χ0v) is 13.7. The largest absolute Gasteiger partial charge is 0.328 e. The minimum atomic E-state index is -3.86. The Morgan fingerprint density at radius 2 is 1.69 bits per heavy atom. The summed E-state index contributed by atoms with van der Waals surface area (Å²) in [6, 6.07) is 4.97. The fourth-order valence-corrected chi connectivity index (χ4v) is 2.89. The third-order valence-corrected chi connectivity index (χ3v) is 4.55. The number of rotatable bonds is 5. The smallest absolute Gasteiger partial charge is 0.323 e. The van der Waals surface area contributed by atoms with Crippen LogP contribution in [0.4, 0.5) is 5.69 Å². The molecule has 13 nitrogen and oxygen atoms in total. The molecule has 0 bridgehead atoms. The maximum Gasteiger partial charge on any atom is 0.323 e. The van der Waals surface area contributed by atoms with E-state index in [1.54, 1.807) is 10.9 Å². The second-order valence-corrected chi connectivity index (χ2v) is 6.69. The van der Waals surface area contributed by atoms with Crippen molar-refractivity contribution in [1.82, 2.24) is 21.0 Å². The Balaban J connectivity index is 2.11. The summed E-state index contributed by atoms with van der Waals surface area (Å²) < 4.78 is 29.2. The third-order valence-electron chi connectivity index (χ3n) is 2.92. The van der Waals surface area contributed by atoms with Gasteiger partial charge in [0.1, 0.15) is 5.75 Å². The summed E-state index contributed by atoms with van der Waals surface area (Å²) in [5.74, 6) is 5.45. The summed E-state index contributed by atoms with van der Waals surface area (Å²) >= 11 is 0. The van der Waals surface area contributed by atoms with E-state index in [-0.39, 0.29) is 16.4 Å². The normalized spacial score (nSPS) is 10.8. The van der Waals surface area contributed by atoms with Gasteiger partial charge in [-0.2, -0.15) is 4.98 Å². The van der Waals surface area contributed by atoms with Gasteiger partial charge in [-0.1, -0.05) is 5.16 Å². The average Bonchev–Trinajstić information content (AvgIpc) is 3.08. The molecule has 138 valence electrons. The van der Waals surface area contributed by atoms with Crippen LogP contribution in [0.15, 0.2) is 33.7 Å². The van der Waals surface area contributed by atoms with Crippen molar-refractivity contribution in [2.75, 3.05) is 5.32 Å². The topological polar surface area (TPSA) is 212 Å². The van der Waals surface area contributed by atoms with Gasteiger partial charge in [0.25, 0.3) is 0 Å². The van der Waals surface area contributed by atoms with E-state index in [1.807, 2.05) is 0 Å². The van der Waals surface area contributed by atoms with Crippen molar-refractivity contribution < 1.29 is 27.3 Å². The molecule has 0 spiro atoms. The van der Waals surface area contributed by atoms with E-state index in [4.69, 9.17) is 11.7 Å². The Bertz CT molecular complexity index is 937. The van der Waals surface area contributed by atoms with Crippen LogP contribution in [0.2, 0.25) is 0 Å². The van der Waals surface area contributed by atoms with Gasteiger partial charge in [0.05, 0.1) is 4.90 Å². The first kappa shape index (κ1) is 19.0. The first-order chi connectivity index (χ1) is 12.3. The van der Waals surface area contributed by atoms with E-state index >= 15 is 0 Å². The Labute approximate surface area is 146 Å². The number of carbonyl (C=O) groups excluding carboxylic acids is 3. The SMILES string of the molecule is NNC(=O)C(=O)Nc1ccc(S(=O)(=O)Cc2noc(C(=O)NN)n2)cc1. The fourth-order valence-electron chi connectivity index (χ4n) is 1.72. The number of anilines is 1. The molecular formula is C12H13N7O6S. The first-order valence-electron chi connectivity index (χ1n) is 6.75. The van der Waals surface area contributed by atoms with Gasteiger partial charge < -0.3 is 9.84 Å². The standard InChI is InChI=1S/C12H13N7O6S/c13-17-10(21)9(20)15-6-1-3-7(4-2-6)26(23,24)5-8-16-12(25-19-8)11(22)18-14/h1-4H,5,13-14H2,(H,15,20)(H,17,21)(H,18,22). The van der Waals surface area contributed by atoms with Crippen LogP contribution in [0, 0.1) is 0 Å². The van der Waals surface area contributed by atoms with E-state index in [2.05, 4.69) is 20.0 Å². The highest BCUT2D eigenvalue weighted by atomic mass is 32.2. The summed E-state index contributed by atoms with van der Waals surface area (Å²) in [6.07, 6.45) is 0. The van der Waals surface area contributed by atoms with Crippen LogP contribution in [0.1, 0.15) is 16.5 Å². The van der Waals surface area contributed by atoms with Crippen molar-refractivity contribution in [3.63, 3.8) is 0 Å². The van der Waals surface area contributed by atoms with Crippen molar-refractivity contribution in [2.24, 2.45) is 11.7 Å². The summed E-state index contributed by atoms with van der Waals surface area (Å²) in [4.78, 5) is 37.1. The lowest BCUT2D eigenvalue weighted by Crippen LogP contribution is -2.39. The van der Waals surface area contributed by atoms with Gasteiger partial charge in [-0.3, -0.25) is 25.2 Å². The highest BCUT2D eigenvalue weighted by Gasteiger charge is 2.21. The van der Waals surface area contributed by atoms with Gasteiger partial charge in [-0.05, 0) is 24.3 Å². The number of hydrogen-bond donors (Lipinski definition) is 5. The Kier molecular flexibility index (Phi) is 5.61. The number of carbonyl (C=O) groups is 3. The first-order valence-corrected chi connectivity index (χ1v) is 8.40. The number of nitrogens with one attached hydrogen (secondary N) is 3. The van der Waals surface area contributed by atoms with E-state index in [9.17, 15) is 22.8 Å². The van der Waals surface area contributed by atoms with Crippen LogP contribution in [0.3, 0.4) is 0 Å². The molecule has 2 aromatic rings. The number of sulfone groups is 1. The van der Waals surface area contributed by atoms with Gasteiger partial charge in [0.2, 0.25) is 0 Å². The molecule has 0 saturated heterocycles. The number of hydrogen-bond acceptors (Lipinski definition) is 10. The number of aromatic nitrogens is 2. The molecule has 0 unspecified atom stereocenters. The van der Waals surface area contributed by atoms with Crippen LogP contribution in [-0.2, 0) is 25.2 Å². The monoisotopic (exact) mass is 383 g/mol. The Morgan fingerprint density at radius 3 is 2.27 bits per heavy atom. The molecule has 0 aliphatic carbocycles. The number of nitrogens with two attached hydrogens (primary N) is 2. The van der Waals surface area contributed by atoms with Crippen LogP contribution >= 0.6 is 0 Å². The fraction of sp³-hybridized carbons (Fsp3) is 0.0833. The molecule has 0 aliphatic heterocycles. The lowest BCUT2D eigenvalue weighted by molar-refractivity contribution is -0.136. The van der Waals surface area contributed by atoms with Crippen LogP contribution in [0.25, 0.3) is 0 Å². The quantitative estimate of drug-likeness (QED) is 0.159. The molecule has 1 heterocycles. The average molecular weight is 383 g/mol. The van der Waals surface area contributed by atoms with Gasteiger partial charge in [-0.25, -0.2) is 20.1 Å². The summed E-state index contributed by atoms with van der Waals surface area (Å²) in [7, 11) is -3.86. The molecule has 0 aliphatic rings. The lowest BCUT2D eigenvalue weighted by Gasteiger charge is -2.06. The number of hydrazine groups is 2. The molecule has 0 fully saturated rings. The van der Waals surface area contributed by atoms with E-state index in [0.29, 0.717) is 0 Å². The molecule has 0 saturated carbocycles. The second kappa shape index (κ2) is 7.68. The minimum Gasteiger partial charge on any atom is -0.328 e. The molecule has 14 heteroatoms. The van der Waals surface area contributed by atoms with Gasteiger partial charge >= 0.3 is 23.6 Å². The van der Waals surface area contributed by atoms with Crippen molar-refractivity contribution in [3.05, 3.63) is 36.0 Å². The highest BCUT2D eigenvalue weighted by molar-refractivity contribution is 7.90. The molecule has 0 radical (unpaired) electrons. The number of benzene rings is 1. The van der Waals surface area contributed by atoms with Gasteiger partial charge in [-0.15, -0.1) is 0 Å². The molecule has 0 atom stereocenters. The van der Waals surface area contributed by atoms with E-state index in [1.165, 1.54) is 24.3 Å². The molecular weight excluding hydrogens is 370 g/mol. The summed E-state index contributed by atoms with van der Waals surface area (Å²) in [6.45, 7) is 0. The lowest BCUT2D eigenvalue weighted by atomic mass is 10.3. The zero-order valence-electron chi connectivity index (χ0n) is 12.9.